The number of ketones is 1. The number of ether oxygens (including phenoxy) is 2. The third kappa shape index (κ3) is 6.36. The molecule has 0 spiro atoms. The largest absolute Gasteiger partial charge is 0.473 e. The molecule has 0 saturated heterocycles. The van der Waals surface area contributed by atoms with Crippen LogP contribution in [0.4, 0.5) is 11.4 Å². The maximum absolute atomic E-state index is 12.8. The molecule has 0 radical (unpaired) electrons. The van der Waals surface area contributed by atoms with Crippen molar-refractivity contribution in [2.24, 2.45) is 5.41 Å². The number of esters is 1. The number of hydrogen-bond donors (Lipinski definition) is 1. The molecule has 0 aliphatic carbocycles. The fourth-order valence-electron chi connectivity index (χ4n) is 2.51. The zero-order valence-corrected chi connectivity index (χ0v) is 17.7. The van der Waals surface area contributed by atoms with E-state index in [2.05, 4.69) is 5.32 Å². The van der Waals surface area contributed by atoms with Gasteiger partial charge < -0.3 is 14.8 Å². The van der Waals surface area contributed by atoms with E-state index in [1.54, 1.807) is 27.7 Å². The third-order valence-corrected chi connectivity index (χ3v) is 4.18. The van der Waals surface area contributed by atoms with E-state index in [4.69, 9.17) is 9.47 Å². The topological polar surface area (TPSA) is 125 Å². The van der Waals surface area contributed by atoms with Gasteiger partial charge in [0.15, 0.2) is 5.78 Å². The van der Waals surface area contributed by atoms with Crippen molar-refractivity contribution in [3.8, 4) is 5.75 Å². The molecule has 2 aromatic rings. The van der Waals surface area contributed by atoms with Gasteiger partial charge in [-0.25, -0.2) is 4.79 Å². The van der Waals surface area contributed by atoms with E-state index in [0.717, 1.165) is 0 Å². The van der Waals surface area contributed by atoms with Gasteiger partial charge in [0.1, 0.15) is 5.75 Å². The molecule has 0 heterocycles. The van der Waals surface area contributed by atoms with Crippen molar-refractivity contribution in [2.45, 2.75) is 33.8 Å². The number of rotatable bonds is 8. The van der Waals surface area contributed by atoms with Crippen LogP contribution >= 0.6 is 0 Å². The summed E-state index contributed by atoms with van der Waals surface area (Å²) in [5.74, 6) is -1.52. The number of nitro benzene ring substituents is 1. The second-order valence-corrected chi connectivity index (χ2v) is 7.65. The summed E-state index contributed by atoms with van der Waals surface area (Å²) in [6.07, 6.45) is -1.48. The summed E-state index contributed by atoms with van der Waals surface area (Å²) in [5, 5.41) is 13.4. The predicted octanol–water partition coefficient (Wildman–Crippen LogP) is 3.77. The maximum Gasteiger partial charge on any atom is 0.338 e. The minimum Gasteiger partial charge on any atom is -0.473 e. The Kier molecular flexibility index (Phi) is 7.47. The fraction of sp³-hybridized carbons (Fsp3) is 0.318. The summed E-state index contributed by atoms with van der Waals surface area (Å²) < 4.78 is 10.5. The Labute approximate surface area is 179 Å². The van der Waals surface area contributed by atoms with E-state index in [-0.39, 0.29) is 18.0 Å². The Morgan fingerprint density at radius 3 is 2.10 bits per heavy atom. The maximum atomic E-state index is 12.8. The minimum absolute atomic E-state index is 0.140. The van der Waals surface area contributed by atoms with Crippen molar-refractivity contribution in [2.75, 3.05) is 11.9 Å². The Balaban J connectivity index is 2.21. The van der Waals surface area contributed by atoms with Gasteiger partial charge in [-0.2, -0.15) is 0 Å². The molecule has 2 rings (SSSR count). The number of nitro groups is 1. The number of nitrogens with zero attached hydrogens (tertiary/aromatic N) is 1. The summed E-state index contributed by atoms with van der Waals surface area (Å²) in [6, 6.07) is 11.1. The number of benzene rings is 2. The molecule has 0 bridgehead atoms. The average Bonchev–Trinajstić information content (AvgIpc) is 2.71. The normalized spacial score (nSPS) is 11.9. The summed E-state index contributed by atoms with van der Waals surface area (Å²) in [5.41, 5.74) is -0.338. The lowest BCUT2D eigenvalue weighted by atomic mass is 9.87. The number of Topliss-reactive ketones (excluding diaryl/α,β-unsaturated/α-hetero) is 1. The van der Waals surface area contributed by atoms with Crippen molar-refractivity contribution in [1.82, 2.24) is 0 Å². The first-order valence-electron chi connectivity index (χ1n) is 9.56. The number of non-ortho nitro benzene ring substituents is 1. The van der Waals surface area contributed by atoms with Gasteiger partial charge in [-0.05, 0) is 43.3 Å². The van der Waals surface area contributed by atoms with Gasteiger partial charge >= 0.3 is 5.97 Å². The van der Waals surface area contributed by atoms with Gasteiger partial charge in [-0.3, -0.25) is 19.7 Å². The zero-order valence-electron chi connectivity index (χ0n) is 17.7. The molecule has 1 unspecified atom stereocenters. The van der Waals surface area contributed by atoms with Crippen LogP contribution in [0.5, 0.6) is 5.75 Å². The molecular formula is C22H24N2O7. The van der Waals surface area contributed by atoms with Crippen LogP contribution in [0.1, 0.15) is 38.1 Å². The number of hydrogen-bond acceptors (Lipinski definition) is 7. The van der Waals surface area contributed by atoms with Crippen LogP contribution in [0, 0.1) is 15.5 Å². The highest BCUT2D eigenvalue weighted by atomic mass is 16.6. The van der Waals surface area contributed by atoms with Crippen LogP contribution in [0.25, 0.3) is 0 Å². The van der Waals surface area contributed by atoms with E-state index in [1.807, 2.05) is 0 Å². The third-order valence-electron chi connectivity index (χ3n) is 4.18. The summed E-state index contributed by atoms with van der Waals surface area (Å²) in [6.45, 7) is 6.91. The highest BCUT2D eigenvalue weighted by Crippen LogP contribution is 2.24. The van der Waals surface area contributed by atoms with Crippen molar-refractivity contribution in [3.05, 3.63) is 64.2 Å². The highest BCUT2D eigenvalue weighted by molar-refractivity contribution is 6.11. The van der Waals surface area contributed by atoms with Crippen LogP contribution in [0.15, 0.2) is 48.5 Å². The molecule has 0 aliphatic heterocycles. The predicted molar refractivity (Wildman–Crippen MR) is 113 cm³/mol. The van der Waals surface area contributed by atoms with Gasteiger partial charge in [-0.15, -0.1) is 0 Å². The number of carbonyl (C=O) groups is 3. The first-order chi connectivity index (χ1) is 14.5. The summed E-state index contributed by atoms with van der Waals surface area (Å²) in [7, 11) is 0. The van der Waals surface area contributed by atoms with Crippen molar-refractivity contribution >= 4 is 29.0 Å². The molecule has 1 atom stereocenters. The molecule has 1 amide bonds. The highest BCUT2D eigenvalue weighted by Gasteiger charge is 2.36. The molecule has 9 nitrogen and oxygen atoms in total. The minimum atomic E-state index is -1.48. The van der Waals surface area contributed by atoms with Crippen LogP contribution < -0.4 is 10.1 Å². The molecule has 0 saturated carbocycles. The number of amides is 1. The summed E-state index contributed by atoms with van der Waals surface area (Å²) in [4.78, 5) is 47.7. The van der Waals surface area contributed by atoms with Gasteiger partial charge in [-0.1, -0.05) is 20.8 Å². The lowest BCUT2D eigenvalue weighted by molar-refractivity contribution is -0.384. The zero-order chi connectivity index (χ0) is 23.2. The molecular weight excluding hydrogens is 404 g/mol. The van der Waals surface area contributed by atoms with E-state index in [9.17, 15) is 24.5 Å². The molecule has 31 heavy (non-hydrogen) atoms. The molecule has 0 fully saturated rings. The van der Waals surface area contributed by atoms with Gasteiger partial charge in [0.2, 0.25) is 6.10 Å². The SMILES string of the molecule is CCOC(=O)c1ccc(NC(=O)C(Oc2ccc([N+](=O)[O-])cc2)C(=O)C(C)(C)C)cc1. The summed E-state index contributed by atoms with van der Waals surface area (Å²) >= 11 is 0. The first kappa shape index (κ1) is 23.5. The smallest absolute Gasteiger partial charge is 0.338 e. The quantitative estimate of drug-likeness (QED) is 0.294. The monoisotopic (exact) mass is 428 g/mol. The van der Waals surface area contributed by atoms with E-state index in [1.165, 1.54) is 48.5 Å². The molecule has 9 heteroatoms. The van der Waals surface area contributed by atoms with Gasteiger partial charge in [0, 0.05) is 23.2 Å². The van der Waals surface area contributed by atoms with Crippen LogP contribution in [-0.2, 0) is 14.3 Å². The number of anilines is 1. The second kappa shape index (κ2) is 9.84. The average molecular weight is 428 g/mol. The Morgan fingerprint density at radius 1 is 1.03 bits per heavy atom. The van der Waals surface area contributed by atoms with Gasteiger partial charge in [0.25, 0.3) is 11.6 Å². The first-order valence-corrected chi connectivity index (χ1v) is 9.56. The lowest BCUT2D eigenvalue weighted by Gasteiger charge is -2.24. The van der Waals surface area contributed by atoms with Crippen LogP contribution in [0.2, 0.25) is 0 Å². The van der Waals surface area contributed by atoms with E-state index < -0.39 is 34.1 Å². The Morgan fingerprint density at radius 2 is 1.61 bits per heavy atom. The van der Waals surface area contributed by atoms with E-state index in [0.29, 0.717) is 11.3 Å². The molecule has 0 aliphatic rings. The second-order valence-electron chi connectivity index (χ2n) is 7.65. The molecule has 2 aromatic carbocycles. The van der Waals surface area contributed by atoms with E-state index >= 15 is 0 Å². The van der Waals surface area contributed by atoms with Gasteiger partial charge in [0.05, 0.1) is 17.1 Å². The van der Waals surface area contributed by atoms with Crippen molar-refractivity contribution < 1.29 is 28.8 Å². The fourth-order valence-corrected chi connectivity index (χ4v) is 2.51. The standard InChI is InChI=1S/C22H24N2O7/c1-5-30-21(27)14-6-8-15(9-7-14)23-20(26)18(19(25)22(2,3)4)31-17-12-10-16(11-13-17)24(28)29/h6-13,18H,5H2,1-4H3,(H,23,26). The lowest BCUT2D eigenvalue weighted by Crippen LogP contribution is -2.45. The van der Waals surface area contributed by atoms with Crippen LogP contribution in [-0.4, -0.2) is 35.3 Å². The number of carbonyl (C=O) groups excluding carboxylic acids is 3. The van der Waals surface area contributed by atoms with Crippen LogP contribution in [0.3, 0.4) is 0 Å². The molecule has 0 aromatic heterocycles. The Hall–Kier alpha value is -3.75. The number of nitrogens with one attached hydrogen (secondary N) is 1. The molecule has 164 valence electrons. The Bertz CT molecular complexity index is 961. The van der Waals surface area contributed by atoms with Crippen molar-refractivity contribution in [3.63, 3.8) is 0 Å². The van der Waals surface area contributed by atoms with Crippen molar-refractivity contribution in [1.29, 1.82) is 0 Å². The molecule has 1 N–H and O–H groups in total.